The number of nitrogens with one attached hydrogen (secondary N) is 2. The van der Waals surface area contributed by atoms with Crippen LogP contribution in [0.3, 0.4) is 0 Å². The second kappa shape index (κ2) is 7.51. The summed E-state index contributed by atoms with van der Waals surface area (Å²) in [4.78, 5) is 24.2. The predicted octanol–water partition coefficient (Wildman–Crippen LogP) is 3.09. The van der Waals surface area contributed by atoms with Gasteiger partial charge in [-0.1, -0.05) is 0 Å². The van der Waals surface area contributed by atoms with Crippen LogP contribution in [-0.2, 0) is 9.53 Å². The lowest BCUT2D eigenvalue weighted by molar-refractivity contribution is -0.123. The van der Waals surface area contributed by atoms with Gasteiger partial charge in [0.05, 0.1) is 11.4 Å². The first kappa shape index (κ1) is 18.7. The highest BCUT2D eigenvalue weighted by Crippen LogP contribution is 2.25. The van der Waals surface area contributed by atoms with E-state index in [4.69, 9.17) is 4.74 Å². The molecule has 1 aromatic carbocycles. The van der Waals surface area contributed by atoms with E-state index >= 15 is 0 Å². The van der Waals surface area contributed by atoms with Gasteiger partial charge in [-0.3, -0.25) is 4.79 Å². The lowest BCUT2D eigenvalue weighted by Gasteiger charge is -2.14. The van der Waals surface area contributed by atoms with E-state index in [0.717, 1.165) is 17.6 Å². The first-order valence-electron chi connectivity index (χ1n) is 7.05. The van der Waals surface area contributed by atoms with Crippen LogP contribution in [-0.4, -0.2) is 29.4 Å². The number of aromatic nitrogens is 1. The molecule has 1 amide bonds. The van der Waals surface area contributed by atoms with Crippen LogP contribution in [0.4, 0.5) is 23.9 Å². The molecule has 0 aliphatic heterocycles. The Morgan fingerprint density at radius 2 is 1.92 bits per heavy atom. The molecule has 6 nitrogen and oxygen atoms in total. The molecule has 1 heterocycles. The normalized spacial score (nSPS) is 11.8. The van der Waals surface area contributed by atoms with Crippen LogP contribution >= 0.6 is 11.5 Å². The van der Waals surface area contributed by atoms with Gasteiger partial charge in [-0.05, 0) is 37.5 Å². The van der Waals surface area contributed by atoms with Crippen LogP contribution in [0.5, 0.6) is 0 Å². The van der Waals surface area contributed by atoms with E-state index in [1.54, 1.807) is 14.0 Å². The number of nitrogens with zero attached hydrogens (tertiary/aromatic N) is 1. The molecule has 134 valence electrons. The van der Waals surface area contributed by atoms with E-state index in [9.17, 15) is 22.8 Å². The van der Waals surface area contributed by atoms with Crippen molar-refractivity contribution in [2.75, 3.05) is 17.7 Å². The molecule has 0 unspecified atom stereocenters. The molecular weight excluding hydrogens is 359 g/mol. The highest BCUT2D eigenvalue weighted by molar-refractivity contribution is 7.10. The number of hydrogen-bond donors (Lipinski definition) is 2. The molecule has 10 heteroatoms. The summed E-state index contributed by atoms with van der Waals surface area (Å²) >= 11 is 1.06. The third-order valence-corrected chi connectivity index (χ3v) is 4.20. The Labute approximate surface area is 145 Å². The van der Waals surface area contributed by atoms with Gasteiger partial charge in [0.15, 0.2) is 23.6 Å². The SMILES string of the molecule is CNc1snc(C)c1C(=O)O[C@@H](C)C(=O)Nc1ccc(F)c(F)c1F. The number of carbonyl (C=O) groups excluding carboxylic acids is 2. The highest BCUT2D eigenvalue weighted by atomic mass is 32.1. The van der Waals surface area contributed by atoms with Crippen molar-refractivity contribution in [1.29, 1.82) is 0 Å². The Morgan fingerprint density at radius 3 is 2.56 bits per heavy atom. The van der Waals surface area contributed by atoms with E-state index in [1.807, 2.05) is 5.32 Å². The van der Waals surface area contributed by atoms with Gasteiger partial charge in [-0.25, -0.2) is 18.0 Å². The standard InChI is InChI=1S/C15H14F3N3O3S/c1-6-10(14(19-3)25-21-6)15(23)24-7(2)13(22)20-9-5-4-8(16)11(17)12(9)18/h4-5,7,19H,1-3H3,(H,20,22)/t7-/m0/s1. The monoisotopic (exact) mass is 373 g/mol. The van der Waals surface area contributed by atoms with Gasteiger partial charge in [-0.15, -0.1) is 0 Å². The van der Waals surface area contributed by atoms with Crippen molar-refractivity contribution >= 4 is 34.1 Å². The highest BCUT2D eigenvalue weighted by Gasteiger charge is 2.25. The average molecular weight is 373 g/mol. The number of ether oxygens (including phenoxy) is 1. The van der Waals surface area contributed by atoms with Gasteiger partial charge in [0.1, 0.15) is 10.6 Å². The molecular formula is C15H14F3N3O3S. The van der Waals surface area contributed by atoms with E-state index in [-0.39, 0.29) is 5.56 Å². The van der Waals surface area contributed by atoms with Gasteiger partial charge in [0.25, 0.3) is 5.91 Å². The lowest BCUT2D eigenvalue weighted by atomic mass is 10.2. The van der Waals surface area contributed by atoms with Crippen LogP contribution in [0, 0.1) is 24.4 Å². The molecule has 0 spiro atoms. The minimum Gasteiger partial charge on any atom is -0.449 e. The maximum Gasteiger partial charge on any atom is 0.343 e. The molecule has 2 aromatic rings. The van der Waals surface area contributed by atoms with Crippen molar-refractivity contribution in [1.82, 2.24) is 4.37 Å². The minimum atomic E-state index is -1.71. The molecule has 0 saturated carbocycles. The summed E-state index contributed by atoms with van der Waals surface area (Å²) < 4.78 is 48.7. The Bertz CT molecular complexity index is 826. The number of rotatable bonds is 5. The van der Waals surface area contributed by atoms with Crippen molar-refractivity contribution < 1.29 is 27.5 Å². The molecule has 2 rings (SSSR count). The van der Waals surface area contributed by atoms with Gasteiger partial charge in [0.2, 0.25) is 0 Å². The van der Waals surface area contributed by atoms with Crippen LogP contribution < -0.4 is 10.6 Å². The third kappa shape index (κ3) is 3.90. The number of esters is 1. The number of halogens is 3. The maximum absolute atomic E-state index is 13.6. The van der Waals surface area contributed by atoms with Crippen molar-refractivity contribution in [3.05, 3.63) is 40.8 Å². The van der Waals surface area contributed by atoms with Crippen LogP contribution in [0.25, 0.3) is 0 Å². The smallest absolute Gasteiger partial charge is 0.343 e. The Hall–Kier alpha value is -2.62. The largest absolute Gasteiger partial charge is 0.449 e. The molecule has 25 heavy (non-hydrogen) atoms. The van der Waals surface area contributed by atoms with Crippen molar-refractivity contribution in [2.24, 2.45) is 0 Å². The molecule has 2 N–H and O–H groups in total. The Kier molecular flexibility index (Phi) is 5.62. The van der Waals surface area contributed by atoms with Crippen LogP contribution in [0.15, 0.2) is 12.1 Å². The summed E-state index contributed by atoms with van der Waals surface area (Å²) in [5, 5.41) is 5.31. The fourth-order valence-corrected chi connectivity index (χ4v) is 2.64. The summed E-state index contributed by atoms with van der Waals surface area (Å²) in [6, 6.07) is 1.54. The number of carbonyl (C=O) groups is 2. The zero-order valence-electron chi connectivity index (χ0n) is 13.4. The fraction of sp³-hybridized carbons (Fsp3) is 0.267. The third-order valence-electron chi connectivity index (χ3n) is 3.24. The van der Waals surface area contributed by atoms with Crippen LogP contribution in [0.1, 0.15) is 23.0 Å². The quantitative estimate of drug-likeness (QED) is 0.622. The maximum atomic E-state index is 13.6. The van der Waals surface area contributed by atoms with E-state index < -0.39 is 41.1 Å². The summed E-state index contributed by atoms with van der Waals surface area (Å²) in [5.41, 5.74) is 0.0564. The first-order valence-corrected chi connectivity index (χ1v) is 7.83. The number of hydrogen-bond acceptors (Lipinski definition) is 6. The first-order chi connectivity index (χ1) is 11.8. The molecule has 0 bridgehead atoms. The van der Waals surface area contributed by atoms with E-state index in [0.29, 0.717) is 16.8 Å². The molecule has 0 aliphatic carbocycles. The predicted molar refractivity (Wildman–Crippen MR) is 86.2 cm³/mol. The Balaban J connectivity index is 2.09. The fourth-order valence-electron chi connectivity index (χ4n) is 1.91. The topological polar surface area (TPSA) is 80.3 Å². The zero-order valence-corrected chi connectivity index (χ0v) is 14.3. The number of benzene rings is 1. The summed E-state index contributed by atoms with van der Waals surface area (Å²) in [7, 11) is 1.60. The summed E-state index contributed by atoms with van der Waals surface area (Å²) in [6.45, 7) is 2.87. The summed E-state index contributed by atoms with van der Waals surface area (Å²) in [5.74, 6) is -6.31. The second-order valence-corrected chi connectivity index (χ2v) is 5.76. The van der Waals surface area contributed by atoms with Crippen molar-refractivity contribution in [3.8, 4) is 0 Å². The van der Waals surface area contributed by atoms with Gasteiger partial charge >= 0.3 is 5.97 Å². The van der Waals surface area contributed by atoms with Gasteiger partial charge in [0, 0.05) is 7.05 Å². The van der Waals surface area contributed by atoms with E-state index in [1.165, 1.54) is 6.92 Å². The zero-order chi connectivity index (χ0) is 18.7. The molecule has 1 atom stereocenters. The Morgan fingerprint density at radius 1 is 1.24 bits per heavy atom. The summed E-state index contributed by atoms with van der Waals surface area (Å²) in [6.07, 6.45) is -1.30. The van der Waals surface area contributed by atoms with Crippen molar-refractivity contribution in [3.63, 3.8) is 0 Å². The van der Waals surface area contributed by atoms with Crippen molar-refractivity contribution in [2.45, 2.75) is 20.0 Å². The molecule has 0 radical (unpaired) electrons. The van der Waals surface area contributed by atoms with Gasteiger partial charge in [-0.2, -0.15) is 4.37 Å². The average Bonchev–Trinajstić information content (AvgIpc) is 2.96. The molecule has 0 saturated heterocycles. The van der Waals surface area contributed by atoms with Crippen LogP contribution in [0.2, 0.25) is 0 Å². The molecule has 1 aromatic heterocycles. The second-order valence-electron chi connectivity index (χ2n) is 4.98. The minimum absolute atomic E-state index is 0.186. The van der Waals surface area contributed by atoms with E-state index in [2.05, 4.69) is 9.69 Å². The molecule has 0 aliphatic rings. The number of amides is 1. The number of anilines is 2. The lowest BCUT2D eigenvalue weighted by Crippen LogP contribution is -2.30. The number of aryl methyl sites for hydroxylation is 1. The molecule has 0 fully saturated rings. The van der Waals surface area contributed by atoms with Gasteiger partial charge < -0.3 is 15.4 Å².